The second-order valence-electron chi connectivity index (χ2n) is 5.01. The molecule has 1 aliphatic heterocycles. The largest absolute Gasteiger partial charge is 0.351 e. The Morgan fingerprint density at radius 3 is 2.90 bits per heavy atom. The van der Waals surface area contributed by atoms with Crippen molar-refractivity contribution >= 4 is 35.0 Å². The van der Waals surface area contributed by atoms with E-state index in [0.29, 0.717) is 6.54 Å². The molecule has 0 radical (unpaired) electrons. The van der Waals surface area contributed by atoms with Crippen LogP contribution in [-0.2, 0) is 0 Å². The molecular formula is C13H15ClN2O3S. The van der Waals surface area contributed by atoms with E-state index in [0.717, 1.165) is 18.6 Å². The van der Waals surface area contributed by atoms with Crippen molar-refractivity contribution in [3.8, 4) is 0 Å². The van der Waals surface area contributed by atoms with Crippen LogP contribution in [0.2, 0.25) is 5.02 Å². The fourth-order valence-corrected chi connectivity index (χ4v) is 3.65. The quantitative estimate of drug-likeness (QED) is 0.684. The normalized spacial score (nSPS) is 21.7. The molecule has 0 saturated carbocycles. The molecule has 0 spiro atoms. The number of hydrogen-bond acceptors (Lipinski definition) is 4. The summed E-state index contributed by atoms with van der Waals surface area (Å²) in [7, 11) is 0. The van der Waals surface area contributed by atoms with Gasteiger partial charge >= 0.3 is 0 Å². The molecule has 1 aromatic rings. The maximum absolute atomic E-state index is 12.1. The molecule has 5 nitrogen and oxygen atoms in total. The van der Waals surface area contributed by atoms with E-state index in [1.807, 2.05) is 11.8 Å². The molecule has 1 aliphatic rings. The Morgan fingerprint density at radius 2 is 2.35 bits per heavy atom. The number of carbonyl (C=O) groups is 1. The first kappa shape index (κ1) is 15.1. The summed E-state index contributed by atoms with van der Waals surface area (Å²) in [6.45, 7) is 2.70. The highest BCUT2D eigenvalue weighted by molar-refractivity contribution is 8.00. The predicted molar refractivity (Wildman–Crippen MR) is 80.5 cm³/mol. The van der Waals surface area contributed by atoms with Crippen molar-refractivity contribution in [3.05, 3.63) is 38.9 Å². The van der Waals surface area contributed by atoms with Gasteiger partial charge in [-0.3, -0.25) is 14.9 Å². The first-order chi connectivity index (χ1) is 9.41. The monoisotopic (exact) mass is 314 g/mol. The van der Waals surface area contributed by atoms with Crippen molar-refractivity contribution in [1.29, 1.82) is 0 Å². The molecule has 2 rings (SSSR count). The fourth-order valence-electron chi connectivity index (χ4n) is 2.14. The summed E-state index contributed by atoms with van der Waals surface area (Å²) in [5, 5.41) is 13.6. The van der Waals surface area contributed by atoms with Crippen LogP contribution in [0.1, 0.15) is 30.1 Å². The second kappa shape index (κ2) is 6.01. The topological polar surface area (TPSA) is 72.2 Å². The number of carbonyl (C=O) groups excluding carboxylic acids is 1. The lowest BCUT2D eigenvalue weighted by atomic mass is 10.1. The van der Waals surface area contributed by atoms with Crippen LogP contribution in [0, 0.1) is 10.1 Å². The van der Waals surface area contributed by atoms with Crippen molar-refractivity contribution in [3.63, 3.8) is 0 Å². The highest BCUT2D eigenvalue weighted by Crippen LogP contribution is 2.37. The molecule has 0 aromatic heterocycles. The molecule has 20 heavy (non-hydrogen) atoms. The van der Waals surface area contributed by atoms with Crippen LogP contribution in [-0.4, -0.2) is 27.9 Å². The molecule has 1 unspecified atom stereocenters. The Morgan fingerprint density at radius 1 is 1.60 bits per heavy atom. The summed E-state index contributed by atoms with van der Waals surface area (Å²) in [5.74, 6) is 0.823. The lowest BCUT2D eigenvalue weighted by molar-refractivity contribution is -0.384. The highest BCUT2D eigenvalue weighted by Gasteiger charge is 2.30. The average Bonchev–Trinajstić information content (AvgIpc) is 2.83. The third-order valence-electron chi connectivity index (χ3n) is 3.33. The highest BCUT2D eigenvalue weighted by atomic mass is 35.5. The van der Waals surface area contributed by atoms with Gasteiger partial charge in [-0.05, 0) is 31.6 Å². The zero-order valence-electron chi connectivity index (χ0n) is 11.0. The standard InChI is InChI=1S/C13H15ClN2O3S/c1-13(5-2-6-20-13)8-15-12(17)10-4-3-9(16(18)19)7-11(10)14/h3-4,7H,2,5-6,8H2,1H3,(H,15,17). The molecule has 7 heteroatoms. The van der Waals surface area contributed by atoms with Gasteiger partial charge in [0.15, 0.2) is 0 Å². The van der Waals surface area contributed by atoms with Crippen LogP contribution >= 0.6 is 23.4 Å². The molecule has 1 N–H and O–H groups in total. The van der Waals surface area contributed by atoms with E-state index in [1.54, 1.807) is 0 Å². The first-order valence-corrected chi connectivity index (χ1v) is 7.64. The molecule has 0 aliphatic carbocycles. The van der Waals surface area contributed by atoms with Gasteiger partial charge in [0.1, 0.15) is 0 Å². The van der Waals surface area contributed by atoms with E-state index in [4.69, 9.17) is 11.6 Å². The summed E-state index contributed by atoms with van der Waals surface area (Å²) in [6.07, 6.45) is 2.24. The number of benzene rings is 1. The van der Waals surface area contributed by atoms with Crippen molar-refractivity contribution in [2.45, 2.75) is 24.5 Å². The molecule has 1 aromatic carbocycles. The summed E-state index contributed by atoms with van der Waals surface area (Å²) in [5.41, 5.74) is 0.147. The molecule has 0 bridgehead atoms. The number of amides is 1. The van der Waals surface area contributed by atoms with Gasteiger partial charge in [0.25, 0.3) is 11.6 Å². The smallest absolute Gasteiger partial charge is 0.270 e. The van der Waals surface area contributed by atoms with Gasteiger partial charge in [-0.2, -0.15) is 11.8 Å². The Kier molecular flexibility index (Phi) is 4.55. The zero-order chi connectivity index (χ0) is 14.8. The molecule has 1 atom stereocenters. The van der Waals surface area contributed by atoms with Gasteiger partial charge in [0, 0.05) is 23.4 Å². The zero-order valence-corrected chi connectivity index (χ0v) is 12.6. The van der Waals surface area contributed by atoms with E-state index < -0.39 is 4.92 Å². The molecule has 1 saturated heterocycles. The van der Waals surface area contributed by atoms with E-state index in [-0.39, 0.29) is 26.9 Å². The van der Waals surface area contributed by atoms with Crippen LogP contribution in [0.25, 0.3) is 0 Å². The van der Waals surface area contributed by atoms with Gasteiger partial charge in [0.2, 0.25) is 0 Å². The Balaban J connectivity index is 2.04. The Hall–Kier alpha value is -1.27. The maximum atomic E-state index is 12.1. The third kappa shape index (κ3) is 3.43. The van der Waals surface area contributed by atoms with Crippen molar-refractivity contribution in [2.75, 3.05) is 12.3 Å². The number of nitrogens with one attached hydrogen (secondary N) is 1. The summed E-state index contributed by atoms with van der Waals surface area (Å²) < 4.78 is 0.0723. The van der Waals surface area contributed by atoms with E-state index in [1.165, 1.54) is 18.2 Å². The fraction of sp³-hybridized carbons (Fsp3) is 0.462. The van der Waals surface area contributed by atoms with E-state index >= 15 is 0 Å². The third-order valence-corrected chi connectivity index (χ3v) is 5.18. The number of non-ortho nitro benzene ring substituents is 1. The van der Waals surface area contributed by atoms with Crippen molar-refractivity contribution in [2.24, 2.45) is 0 Å². The van der Waals surface area contributed by atoms with E-state index in [2.05, 4.69) is 12.2 Å². The minimum absolute atomic E-state index is 0.0723. The average molecular weight is 315 g/mol. The number of thioether (sulfide) groups is 1. The number of nitrogens with zero attached hydrogens (tertiary/aromatic N) is 1. The summed E-state index contributed by atoms with van der Waals surface area (Å²) >= 11 is 7.78. The van der Waals surface area contributed by atoms with Crippen LogP contribution in [0.3, 0.4) is 0 Å². The Labute approximate surface area is 126 Å². The van der Waals surface area contributed by atoms with Crippen molar-refractivity contribution < 1.29 is 9.72 Å². The summed E-state index contributed by atoms with van der Waals surface area (Å²) in [6, 6.07) is 3.87. The molecule has 1 amide bonds. The van der Waals surface area contributed by atoms with Crippen LogP contribution in [0.5, 0.6) is 0 Å². The first-order valence-electron chi connectivity index (χ1n) is 6.27. The van der Waals surface area contributed by atoms with Gasteiger partial charge in [-0.25, -0.2) is 0 Å². The lowest BCUT2D eigenvalue weighted by Gasteiger charge is -2.22. The SMILES string of the molecule is CC1(CNC(=O)c2ccc([N+](=O)[O-])cc2Cl)CCCS1. The second-order valence-corrected chi connectivity index (χ2v) is 7.10. The van der Waals surface area contributed by atoms with Crippen LogP contribution in [0.4, 0.5) is 5.69 Å². The maximum Gasteiger partial charge on any atom is 0.270 e. The molecule has 108 valence electrons. The number of nitro benzene ring substituents is 1. The van der Waals surface area contributed by atoms with Gasteiger partial charge in [-0.15, -0.1) is 0 Å². The minimum atomic E-state index is -0.538. The number of nitro groups is 1. The van der Waals surface area contributed by atoms with Crippen LogP contribution < -0.4 is 5.32 Å². The lowest BCUT2D eigenvalue weighted by Crippen LogP contribution is -2.36. The minimum Gasteiger partial charge on any atom is -0.351 e. The Bertz CT molecular complexity index is 544. The van der Waals surface area contributed by atoms with E-state index in [9.17, 15) is 14.9 Å². The number of halogens is 1. The summed E-state index contributed by atoms with van der Waals surface area (Å²) in [4.78, 5) is 22.2. The number of hydrogen-bond donors (Lipinski definition) is 1. The van der Waals surface area contributed by atoms with Crippen LogP contribution in [0.15, 0.2) is 18.2 Å². The van der Waals surface area contributed by atoms with Crippen molar-refractivity contribution in [1.82, 2.24) is 5.32 Å². The van der Waals surface area contributed by atoms with Gasteiger partial charge in [0.05, 0.1) is 15.5 Å². The predicted octanol–water partition coefficient (Wildman–Crippen LogP) is 3.26. The molecular weight excluding hydrogens is 300 g/mol. The molecule has 1 heterocycles. The van der Waals surface area contributed by atoms with Gasteiger partial charge in [-0.1, -0.05) is 11.6 Å². The molecule has 1 fully saturated rings. The number of rotatable bonds is 4. The van der Waals surface area contributed by atoms with Gasteiger partial charge < -0.3 is 5.32 Å².